The molecule has 2 aromatic carbocycles. The van der Waals surface area contributed by atoms with Gasteiger partial charge in [-0.15, -0.1) is 0 Å². The molecule has 0 aliphatic carbocycles. The average Bonchev–Trinajstić information content (AvgIpc) is 2.79. The number of hydrogen-bond donors (Lipinski definition) is 2. The van der Waals surface area contributed by atoms with Crippen molar-refractivity contribution in [1.82, 2.24) is 9.88 Å². The molecule has 0 saturated heterocycles. The molecule has 0 spiro atoms. The lowest BCUT2D eigenvalue weighted by molar-refractivity contribution is 0.439. The summed E-state index contributed by atoms with van der Waals surface area (Å²) in [5, 5.41) is 3.95. The summed E-state index contributed by atoms with van der Waals surface area (Å²) in [6.45, 7) is 4.33. The topological polar surface area (TPSA) is 89.4 Å². The molecule has 0 saturated carbocycles. The summed E-state index contributed by atoms with van der Waals surface area (Å²) in [6, 6.07) is 7.43. The molecule has 3 aromatic rings. The number of sulfonamides is 1. The second kappa shape index (κ2) is 8.80. The molecular weight excluding hydrogens is 452 g/mol. The second-order valence-corrected chi connectivity index (χ2v) is 9.17. The van der Waals surface area contributed by atoms with Crippen LogP contribution in [0, 0.1) is 11.6 Å². The number of halogens is 2. The first-order chi connectivity index (χ1) is 15.7. The molecular formula is C23H21F2N3O4S. The molecule has 0 amide bonds. The van der Waals surface area contributed by atoms with Gasteiger partial charge in [0.1, 0.15) is 11.6 Å². The number of nitrogens with one attached hydrogen (secondary N) is 2. The fraction of sp³-hybridized carbons (Fsp3) is 0.174. The lowest BCUT2D eigenvalue weighted by atomic mass is 9.92. The van der Waals surface area contributed by atoms with Gasteiger partial charge in [0.15, 0.2) is 11.6 Å². The van der Waals surface area contributed by atoms with Crippen LogP contribution in [0.3, 0.4) is 0 Å². The molecule has 10 heteroatoms. The predicted octanol–water partition coefficient (Wildman–Crippen LogP) is 3.65. The average molecular weight is 474 g/mol. The monoisotopic (exact) mass is 473 g/mol. The van der Waals surface area contributed by atoms with E-state index in [-0.39, 0.29) is 22.7 Å². The molecule has 1 aromatic heterocycles. The van der Waals surface area contributed by atoms with Crippen molar-refractivity contribution in [2.24, 2.45) is 7.05 Å². The first-order valence-corrected chi connectivity index (χ1v) is 11.6. The zero-order chi connectivity index (χ0) is 23.8. The van der Waals surface area contributed by atoms with E-state index in [4.69, 9.17) is 4.74 Å². The molecule has 1 aliphatic rings. The summed E-state index contributed by atoms with van der Waals surface area (Å²) in [5.41, 5.74) is 2.56. The molecule has 172 valence electrons. The van der Waals surface area contributed by atoms with Gasteiger partial charge in [0, 0.05) is 53.6 Å². The van der Waals surface area contributed by atoms with E-state index in [2.05, 4.69) is 16.6 Å². The van der Waals surface area contributed by atoms with Crippen LogP contribution in [0.4, 0.5) is 14.5 Å². The second-order valence-electron chi connectivity index (χ2n) is 7.54. The summed E-state index contributed by atoms with van der Waals surface area (Å²) in [6.07, 6.45) is 2.20. The van der Waals surface area contributed by atoms with Crippen molar-refractivity contribution in [1.29, 1.82) is 0 Å². The van der Waals surface area contributed by atoms with E-state index in [1.807, 2.05) is 0 Å². The van der Waals surface area contributed by atoms with Gasteiger partial charge in [-0.3, -0.25) is 9.52 Å². The van der Waals surface area contributed by atoms with E-state index >= 15 is 0 Å². The number of aromatic nitrogens is 1. The molecule has 2 heterocycles. The number of rotatable bonds is 6. The minimum atomic E-state index is -3.78. The van der Waals surface area contributed by atoms with E-state index in [0.717, 1.165) is 17.0 Å². The Morgan fingerprint density at radius 2 is 1.88 bits per heavy atom. The number of hydrogen-bond acceptors (Lipinski definition) is 5. The summed E-state index contributed by atoms with van der Waals surface area (Å²) in [7, 11) is -2.16. The maximum absolute atomic E-state index is 14.3. The molecule has 0 unspecified atom stereocenters. The van der Waals surface area contributed by atoms with Crippen LogP contribution in [0.15, 0.2) is 59.4 Å². The largest absolute Gasteiger partial charge is 0.454 e. The van der Waals surface area contributed by atoms with Crippen molar-refractivity contribution in [3.63, 3.8) is 0 Å². The Bertz CT molecular complexity index is 1420. The summed E-state index contributed by atoms with van der Waals surface area (Å²) in [5.74, 6) is -1.61. The minimum absolute atomic E-state index is 0.142. The number of aryl methyl sites for hydroxylation is 1. The van der Waals surface area contributed by atoms with Crippen LogP contribution in [-0.4, -0.2) is 19.5 Å². The van der Waals surface area contributed by atoms with Crippen molar-refractivity contribution < 1.29 is 21.9 Å². The molecule has 1 aliphatic heterocycles. The smallest absolute Gasteiger partial charge is 0.255 e. The maximum atomic E-state index is 14.3. The normalized spacial score (nSPS) is 13.3. The van der Waals surface area contributed by atoms with Crippen LogP contribution in [0.2, 0.25) is 0 Å². The molecule has 4 rings (SSSR count). The SMILES string of the molecule is C=CS(=O)(=O)Nc1ccc(Oc2ccc(F)cc2F)c(-c2cn(C)c(=O)c3c2CCNC3)c1. The van der Waals surface area contributed by atoms with Crippen molar-refractivity contribution in [2.45, 2.75) is 13.0 Å². The Morgan fingerprint density at radius 1 is 1.12 bits per heavy atom. The highest BCUT2D eigenvalue weighted by atomic mass is 32.2. The van der Waals surface area contributed by atoms with Crippen LogP contribution in [0.1, 0.15) is 11.1 Å². The number of anilines is 1. The van der Waals surface area contributed by atoms with Crippen LogP contribution in [0.5, 0.6) is 11.5 Å². The highest BCUT2D eigenvalue weighted by Gasteiger charge is 2.22. The third kappa shape index (κ3) is 4.67. The molecule has 7 nitrogen and oxygen atoms in total. The van der Waals surface area contributed by atoms with Gasteiger partial charge in [0.25, 0.3) is 15.6 Å². The number of pyridine rings is 1. The Hall–Kier alpha value is -3.50. The quantitative estimate of drug-likeness (QED) is 0.571. The third-order valence-corrected chi connectivity index (χ3v) is 6.27. The number of benzene rings is 2. The fourth-order valence-corrected chi connectivity index (χ4v) is 4.28. The van der Waals surface area contributed by atoms with Crippen molar-refractivity contribution in [2.75, 3.05) is 11.3 Å². The van der Waals surface area contributed by atoms with Crippen LogP contribution in [-0.2, 0) is 30.0 Å². The lowest BCUT2D eigenvalue weighted by Crippen LogP contribution is -2.33. The van der Waals surface area contributed by atoms with Gasteiger partial charge >= 0.3 is 0 Å². The Morgan fingerprint density at radius 3 is 2.61 bits per heavy atom. The van der Waals surface area contributed by atoms with E-state index in [0.29, 0.717) is 42.3 Å². The van der Waals surface area contributed by atoms with E-state index in [1.165, 1.54) is 22.8 Å². The fourth-order valence-electron chi connectivity index (χ4n) is 3.74. The van der Waals surface area contributed by atoms with Crippen molar-refractivity contribution in [3.8, 4) is 22.6 Å². The number of fused-ring (bicyclic) bond motifs is 1. The third-order valence-electron chi connectivity index (χ3n) is 5.31. The molecule has 0 fully saturated rings. The first-order valence-electron chi connectivity index (χ1n) is 10.0. The molecule has 2 N–H and O–H groups in total. The predicted molar refractivity (Wildman–Crippen MR) is 122 cm³/mol. The van der Waals surface area contributed by atoms with Crippen LogP contribution in [0.25, 0.3) is 11.1 Å². The van der Waals surface area contributed by atoms with Crippen LogP contribution < -0.4 is 20.3 Å². The Labute approximate surface area is 189 Å². The van der Waals surface area contributed by atoms with Gasteiger partial charge in [-0.2, -0.15) is 0 Å². The van der Waals surface area contributed by atoms with Gasteiger partial charge in [0.2, 0.25) is 0 Å². The Balaban J connectivity index is 1.91. The van der Waals surface area contributed by atoms with E-state index < -0.39 is 21.7 Å². The molecule has 0 bridgehead atoms. The van der Waals surface area contributed by atoms with Crippen molar-refractivity contribution in [3.05, 3.63) is 87.7 Å². The van der Waals surface area contributed by atoms with Gasteiger partial charge in [0.05, 0.1) is 0 Å². The van der Waals surface area contributed by atoms with E-state index in [1.54, 1.807) is 19.3 Å². The Kier molecular flexibility index (Phi) is 6.05. The first kappa shape index (κ1) is 22.7. The highest BCUT2D eigenvalue weighted by Crippen LogP contribution is 2.39. The zero-order valence-electron chi connectivity index (χ0n) is 17.7. The van der Waals surface area contributed by atoms with Gasteiger partial charge < -0.3 is 14.6 Å². The highest BCUT2D eigenvalue weighted by molar-refractivity contribution is 7.95. The maximum Gasteiger partial charge on any atom is 0.255 e. The molecule has 0 radical (unpaired) electrons. The number of ether oxygens (including phenoxy) is 1. The van der Waals surface area contributed by atoms with Gasteiger partial charge in [-0.25, -0.2) is 17.2 Å². The molecule has 0 atom stereocenters. The van der Waals surface area contributed by atoms with Gasteiger partial charge in [-0.1, -0.05) is 6.58 Å². The summed E-state index contributed by atoms with van der Waals surface area (Å²) in [4.78, 5) is 12.6. The van der Waals surface area contributed by atoms with E-state index in [9.17, 15) is 22.0 Å². The summed E-state index contributed by atoms with van der Waals surface area (Å²) < 4.78 is 61.2. The number of nitrogens with zero attached hydrogens (tertiary/aromatic N) is 1. The zero-order valence-corrected chi connectivity index (χ0v) is 18.5. The standard InChI is InChI=1S/C23H21F2N3O4S/c1-3-33(30,31)27-15-5-7-21(32-22-6-4-14(24)10-20(22)25)17(11-15)19-13-28(2)23(29)18-12-26-9-8-16(18)19/h3-7,10-11,13,26-27H,1,8-9,12H2,2H3. The summed E-state index contributed by atoms with van der Waals surface area (Å²) >= 11 is 0. The minimum Gasteiger partial charge on any atom is -0.454 e. The van der Waals surface area contributed by atoms with Crippen molar-refractivity contribution >= 4 is 15.7 Å². The lowest BCUT2D eigenvalue weighted by Gasteiger charge is -2.23. The molecule has 33 heavy (non-hydrogen) atoms. The van der Waals surface area contributed by atoms with Gasteiger partial charge in [-0.05, 0) is 48.9 Å². The van der Waals surface area contributed by atoms with Crippen LogP contribution >= 0.6 is 0 Å².